The van der Waals surface area contributed by atoms with Crippen molar-refractivity contribution < 1.29 is 18.7 Å². The number of nitrogens with zero attached hydrogens (tertiary/aromatic N) is 1. The third-order valence-corrected chi connectivity index (χ3v) is 3.76. The van der Waals surface area contributed by atoms with Gasteiger partial charge >= 0.3 is 5.97 Å². The van der Waals surface area contributed by atoms with Gasteiger partial charge in [0.25, 0.3) is 5.91 Å². The van der Waals surface area contributed by atoms with Crippen molar-refractivity contribution in [2.24, 2.45) is 0 Å². The average Bonchev–Trinajstić information content (AvgIpc) is 2.62. The molecule has 0 radical (unpaired) electrons. The summed E-state index contributed by atoms with van der Waals surface area (Å²) in [5.74, 6) is -1.10. The fraction of sp³-hybridized carbons (Fsp3) is 0.300. The van der Waals surface area contributed by atoms with Gasteiger partial charge < -0.3 is 9.64 Å². The van der Waals surface area contributed by atoms with Crippen molar-refractivity contribution in [3.05, 3.63) is 71.5 Å². The predicted octanol–water partition coefficient (Wildman–Crippen LogP) is 3.46. The molecule has 25 heavy (non-hydrogen) atoms. The van der Waals surface area contributed by atoms with Gasteiger partial charge in [-0.3, -0.25) is 9.59 Å². The van der Waals surface area contributed by atoms with Crippen molar-refractivity contribution in [3.63, 3.8) is 0 Å². The second-order valence-corrected chi connectivity index (χ2v) is 5.59. The zero-order valence-corrected chi connectivity index (χ0v) is 14.3. The van der Waals surface area contributed by atoms with Gasteiger partial charge in [0, 0.05) is 18.7 Å². The van der Waals surface area contributed by atoms with Gasteiger partial charge in [0.05, 0.1) is 13.0 Å². The first kappa shape index (κ1) is 18.6. The first-order valence-electron chi connectivity index (χ1n) is 8.34. The second kappa shape index (κ2) is 9.57. The number of halogens is 1. The van der Waals surface area contributed by atoms with E-state index in [-0.39, 0.29) is 30.4 Å². The summed E-state index contributed by atoms with van der Waals surface area (Å²) < 4.78 is 18.3. The molecule has 0 aliphatic carbocycles. The second-order valence-electron chi connectivity index (χ2n) is 5.59. The molecule has 0 aromatic heterocycles. The smallest absolute Gasteiger partial charge is 0.307 e. The van der Waals surface area contributed by atoms with Crippen molar-refractivity contribution in [2.75, 3.05) is 19.7 Å². The molecule has 0 aliphatic heterocycles. The lowest BCUT2D eigenvalue weighted by Gasteiger charge is -2.22. The summed E-state index contributed by atoms with van der Waals surface area (Å²) in [6.45, 7) is 2.73. The molecular formula is C20H22FNO3. The predicted molar refractivity (Wildman–Crippen MR) is 93.7 cm³/mol. The zero-order chi connectivity index (χ0) is 18.1. The lowest BCUT2D eigenvalue weighted by molar-refractivity contribution is -0.143. The van der Waals surface area contributed by atoms with Crippen LogP contribution in [0.3, 0.4) is 0 Å². The molecule has 0 aliphatic rings. The molecule has 132 valence electrons. The van der Waals surface area contributed by atoms with Crippen LogP contribution in [0.25, 0.3) is 0 Å². The molecule has 0 saturated heterocycles. The number of hydrogen-bond acceptors (Lipinski definition) is 3. The number of hydrogen-bond donors (Lipinski definition) is 0. The molecule has 2 aromatic rings. The van der Waals surface area contributed by atoms with Crippen LogP contribution in [0.1, 0.15) is 29.3 Å². The Morgan fingerprint density at radius 1 is 1.04 bits per heavy atom. The van der Waals surface area contributed by atoms with E-state index >= 15 is 0 Å². The highest BCUT2D eigenvalue weighted by molar-refractivity contribution is 5.94. The van der Waals surface area contributed by atoms with E-state index in [1.807, 2.05) is 30.3 Å². The third kappa shape index (κ3) is 6.03. The summed E-state index contributed by atoms with van der Waals surface area (Å²) in [7, 11) is 0. The molecule has 0 spiro atoms. The number of amides is 1. The lowest BCUT2D eigenvalue weighted by Crippen LogP contribution is -2.35. The Kier molecular flexibility index (Phi) is 7.14. The van der Waals surface area contributed by atoms with E-state index in [4.69, 9.17) is 4.74 Å². The third-order valence-electron chi connectivity index (χ3n) is 3.76. The van der Waals surface area contributed by atoms with Crippen LogP contribution in [0, 0.1) is 5.82 Å². The maximum Gasteiger partial charge on any atom is 0.307 e. The van der Waals surface area contributed by atoms with Crippen LogP contribution in [-0.2, 0) is 16.0 Å². The van der Waals surface area contributed by atoms with Gasteiger partial charge in [-0.25, -0.2) is 4.39 Å². The molecular weight excluding hydrogens is 321 g/mol. The van der Waals surface area contributed by atoms with E-state index in [2.05, 4.69) is 0 Å². The van der Waals surface area contributed by atoms with E-state index in [0.717, 1.165) is 5.56 Å². The topological polar surface area (TPSA) is 46.6 Å². The van der Waals surface area contributed by atoms with Gasteiger partial charge in [-0.1, -0.05) is 36.4 Å². The largest absolute Gasteiger partial charge is 0.466 e. The maximum absolute atomic E-state index is 13.4. The number of benzene rings is 2. The maximum atomic E-state index is 13.4. The summed E-state index contributed by atoms with van der Waals surface area (Å²) in [5.41, 5.74) is 1.37. The number of esters is 1. The van der Waals surface area contributed by atoms with Gasteiger partial charge in [0.2, 0.25) is 0 Å². The van der Waals surface area contributed by atoms with Crippen molar-refractivity contribution in [1.29, 1.82) is 0 Å². The minimum absolute atomic E-state index is 0.115. The molecule has 0 atom stereocenters. The first-order valence-corrected chi connectivity index (χ1v) is 8.34. The highest BCUT2D eigenvalue weighted by Crippen LogP contribution is 2.10. The highest BCUT2D eigenvalue weighted by atomic mass is 19.1. The van der Waals surface area contributed by atoms with Crippen molar-refractivity contribution >= 4 is 11.9 Å². The average molecular weight is 343 g/mol. The van der Waals surface area contributed by atoms with E-state index in [1.165, 1.54) is 18.2 Å². The Morgan fingerprint density at radius 3 is 2.48 bits per heavy atom. The minimum atomic E-state index is -0.459. The van der Waals surface area contributed by atoms with E-state index < -0.39 is 5.82 Å². The Bertz CT molecular complexity index is 703. The number of ether oxygens (including phenoxy) is 1. The van der Waals surface area contributed by atoms with Gasteiger partial charge in [0.15, 0.2) is 0 Å². The Hall–Kier alpha value is -2.69. The molecule has 2 rings (SSSR count). The summed E-state index contributed by atoms with van der Waals surface area (Å²) in [6, 6.07) is 15.4. The van der Waals surface area contributed by atoms with Gasteiger partial charge in [0.1, 0.15) is 5.82 Å². The van der Waals surface area contributed by atoms with Gasteiger partial charge in [-0.2, -0.15) is 0 Å². The van der Waals surface area contributed by atoms with Gasteiger partial charge in [-0.05, 0) is 37.1 Å². The van der Waals surface area contributed by atoms with E-state index in [9.17, 15) is 14.0 Å². The Labute approximate surface area is 147 Å². The molecule has 0 N–H and O–H groups in total. The fourth-order valence-electron chi connectivity index (χ4n) is 2.49. The summed E-state index contributed by atoms with van der Waals surface area (Å²) >= 11 is 0. The van der Waals surface area contributed by atoms with Crippen molar-refractivity contribution in [3.8, 4) is 0 Å². The standard InChI is InChI=1S/C20H22FNO3/c1-2-25-19(23)12-14-22(13-11-16-7-4-3-5-8-16)20(24)17-9-6-10-18(21)15-17/h3-10,15H,2,11-14H2,1H3. The fourth-order valence-corrected chi connectivity index (χ4v) is 2.49. The number of carbonyl (C=O) groups is 2. The molecule has 0 bridgehead atoms. The van der Waals surface area contributed by atoms with Crippen LogP contribution in [0.15, 0.2) is 54.6 Å². The van der Waals surface area contributed by atoms with Gasteiger partial charge in [-0.15, -0.1) is 0 Å². The summed E-state index contributed by atoms with van der Waals surface area (Å²) in [4.78, 5) is 25.9. The Morgan fingerprint density at radius 2 is 1.80 bits per heavy atom. The molecule has 1 amide bonds. The SMILES string of the molecule is CCOC(=O)CCN(CCc1ccccc1)C(=O)c1cccc(F)c1. The molecule has 4 nitrogen and oxygen atoms in total. The van der Waals surface area contributed by atoms with Crippen LogP contribution in [0.4, 0.5) is 4.39 Å². The van der Waals surface area contributed by atoms with Crippen molar-refractivity contribution in [1.82, 2.24) is 4.90 Å². The minimum Gasteiger partial charge on any atom is -0.466 e. The van der Waals surface area contributed by atoms with Crippen LogP contribution in [0.5, 0.6) is 0 Å². The molecule has 0 heterocycles. The van der Waals surface area contributed by atoms with Crippen LogP contribution < -0.4 is 0 Å². The normalized spacial score (nSPS) is 10.3. The molecule has 0 saturated carbocycles. The van der Waals surface area contributed by atoms with Crippen LogP contribution >= 0.6 is 0 Å². The van der Waals surface area contributed by atoms with Crippen LogP contribution in [-0.4, -0.2) is 36.5 Å². The quantitative estimate of drug-likeness (QED) is 0.690. The monoisotopic (exact) mass is 343 g/mol. The highest BCUT2D eigenvalue weighted by Gasteiger charge is 2.17. The molecule has 5 heteroatoms. The van der Waals surface area contributed by atoms with Crippen molar-refractivity contribution in [2.45, 2.75) is 19.8 Å². The number of carbonyl (C=O) groups excluding carboxylic acids is 2. The molecule has 0 unspecified atom stereocenters. The summed E-state index contributed by atoms with van der Waals surface area (Å²) in [6.07, 6.45) is 0.772. The van der Waals surface area contributed by atoms with E-state index in [1.54, 1.807) is 17.9 Å². The van der Waals surface area contributed by atoms with E-state index in [0.29, 0.717) is 19.6 Å². The molecule has 0 fully saturated rings. The lowest BCUT2D eigenvalue weighted by atomic mass is 10.1. The summed E-state index contributed by atoms with van der Waals surface area (Å²) in [5, 5.41) is 0. The van der Waals surface area contributed by atoms with Crippen LogP contribution in [0.2, 0.25) is 0 Å². The Balaban J connectivity index is 2.07. The zero-order valence-electron chi connectivity index (χ0n) is 14.3. The first-order chi connectivity index (χ1) is 12.1. The molecule has 2 aromatic carbocycles. The number of rotatable bonds is 8.